The number of carbonyl (C=O) groups is 2. The number of cyclic esters (lactones) is 1. The van der Waals surface area contributed by atoms with Crippen LogP contribution in [-0.4, -0.2) is 11.9 Å². The van der Waals surface area contributed by atoms with Crippen LogP contribution in [-0.2, 0) is 19.7 Å². The number of fused-ring (bicyclic) bond motifs is 3. The maximum absolute atomic E-state index is 14.0. The molecule has 3 aromatic rings. The summed E-state index contributed by atoms with van der Waals surface area (Å²) in [6.45, 7) is 4.17. The minimum Gasteiger partial charge on any atom is -0.425 e. The Morgan fingerprint density at radius 2 is 1.44 bits per heavy atom. The quantitative estimate of drug-likeness (QED) is 0.402. The van der Waals surface area contributed by atoms with Crippen molar-refractivity contribution in [3.05, 3.63) is 107 Å². The van der Waals surface area contributed by atoms with E-state index in [4.69, 9.17) is 9.47 Å². The van der Waals surface area contributed by atoms with Crippen LogP contribution in [0.2, 0.25) is 0 Å². The van der Waals surface area contributed by atoms with Crippen molar-refractivity contribution in [2.45, 2.75) is 31.6 Å². The van der Waals surface area contributed by atoms with E-state index in [9.17, 15) is 9.59 Å². The van der Waals surface area contributed by atoms with Crippen LogP contribution in [0, 0.1) is 5.92 Å². The Labute approximate surface area is 187 Å². The number of hydrogen-bond donors (Lipinski definition) is 0. The number of rotatable bonds is 4. The van der Waals surface area contributed by atoms with E-state index in [-0.39, 0.29) is 17.6 Å². The molecule has 0 amide bonds. The molecule has 0 N–H and O–H groups in total. The summed E-state index contributed by atoms with van der Waals surface area (Å²) in [5.41, 5.74) is 1.72. The van der Waals surface area contributed by atoms with Crippen molar-refractivity contribution in [1.82, 2.24) is 0 Å². The van der Waals surface area contributed by atoms with Gasteiger partial charge in [-0.25, -0.2) is 4.79 Å². The molecule has 0 saturated carbocycles. The molecule has 160 valence electrons. The van der Waals surface area contributed by atoms with Crippen molar-refractivity contribution >= 4 is 17.7 Å². The Bertz CT molecular complexity index is 1210. The van der Waals surface area contributed by atoms with E-state index in [0.717, 1.165) is 11.1 Å². The maximum atomic E-state index is 14.0. The van der Waals surface area contributed by atoms with Gasteiger partial charge in [0.15, 0.2) is 0 Å². The van der Waals surface area contributed by atoms with E-state index in [0.29, 0.717) is 23.3 Å². The molecule has 0 saturated heterocycles. The van der Waals surface area contributed by atoms with E-state index < -0.39 is 17.3 Å². The predicted octanol–water partition coefficient (Wildman–Crippen LogP) is 5.64. The molecule has 2 heterocycles. The van der Waals surface area contributed by atoms with E-state index in [1.807, 2.05) is 78.9 Å². The molecule has 4 nitrogen and oxygen atoms in total. The number of ether oxygens (including phenoxy) is 2. The molecule has 0 unspecified atom stereocenters. The molecule has 0 fully saturated rings. The minimum atomic E-state index is -1.04. The molecular formula is C28H24O4. The van der Waals surface area contributed by atoms with Gasteiger partial charge < -0.3 is 9.47 Å². The summed E-state index contributed by atoms with van der Waals surface area (Å²) in [5.74, 6) is -0.347. The Hall–Kier alpha value is -3.66. The topological polar surface area (TPSA) is 52.6 Å². The van der Waals surface area contributed by atoms with Crippen LogP contribution in [0.15, 0.2) is 90.5 Å². The molecule has 2 aliphatic rings. The lowest BCUT2D eigenvalue weighted by Gasteiger charge is -2.46. The Kier molecular flexibility index (Phi) is 4.93. The Morgan fingerprint density at radius 1 is 0.812 bits per heavy atom. The Morgan fingerprint density at radius 3 is 2.12 bits per heavy atom. The lowest BCUT2D eigenvalue weighted by Crippen LogP contribution is -2.50. The maximum Gasteiger partial charge on any atom is 0.343 e. The summed E-state index contributed by atoms with van der Waals surface area (Å²) in [7, 11) is 0. The minimum absolute atomic E-state index is 0.187. The largest absolute Gasteiger partial charge is 0.425 e. The van der Waals surface area contributed by atoms with Gasteiger partial charge in [-0.05, 0) is 24.0 Å². The fourth-order valence-corrected chi connectivity index (χ4v) is 5.12. The molecule has 0 bridgehead atoms. The third-order valence-corrected chi connectivity index (χ3v) is 6.29. The summed E-state index contributed by atoms with van der Waals surface area (Å²) in [6.07, 6.45) is 0.535. The lowest BCUT2D eigenvalue weighted by atomic mass is 9.59. The number of carbonyl (C=O) groups excluding carboxylic acids is 2. The molecule has 3 aromatic carbocycles. The van der Waals surface area contributed by atoms with Gasteiger partial charge in [0.25, 0.3) is 0 Å². The SMILES string of the molecule is CC(C)C[C@]1(c2ccccc2)C(=O)OC(c2ccccc2)=C2C(=O)Oc3ccccc3[C@H]21. The van der Waals surface area contributed by atoms with Gasteiger partial charge in [0.1, 0.15) is 16.9 Å². The first-order chi connectivity index (χ1) is 15.5. The van der Waals surface area contributed by atoms with Gasteiger partial charge >= 0.3 is 11.9 Å². The van der Waals surface area contributed by atoms with E-state index >= 15 is 0 Å². The normalized spacial score (nSPS) is 22.2. The highest BCUT2D eigenvalue weighted by Crippen LogP contribution is 2.57. The van der Waals surface area contributed by atoms with Gasteiger partial charge in [0.05, 0.1) is 5.57 Å². The smallest absolute Gasteiger partial charge is 0.343 e. The predicted molar refractivity (Wildman–Crippen MR) is 122 cm³/mol. The van der Waals surface area contributed by atoms with Crippen LogP contribution in [0.3, 0.4) is 0 Å². The standard InChI is InChI=1S/C28H24O4/c1-18(2)17-28(20-13-7-4-8-14-20)24-21-15-9-10-16-22(21)31-26(29)23(24)25(32-27(28)30)19-11-5-3-6-12-19/h3-16,18,24H,17H2,1-2H3/t24-,28-/m1/s1. The van der Waals surface area contributed by atoms with Crippen molar-refractivity contribution in [3.8, 4) is 5.75 Å². The van der Waals surface area contributed by atoms with Crippen molar-refractivity contribution in [2.75, 3.05) is 0 Å². The molecule has 4 heteroatoms. The van der Waals surface area contributed by atoms with Crippen LogP contribution < -0.4 is 4.74 Å². The highest BCUT2D eigenvalue weighted by Gasteiger charge is 2.58. The zero-order chi connectivity index (χ0) is 22.3. The molecular weight excluding hydrogens is 400 g/mol. The van der Waals surface area contributed by atoms with Crippen molar-refractivity contribution in [2.24, 2.45) is 5.92 Å². The van der Waals surface area contributed by atoms with Crippen LogP contribution in [0.4, 0.5) is 0 Å². The van der Waals surface area contributed by atoms with E-state index in [1.165, 1.54) is 0 Å². The summed E-state index contributed by atoms with van der Waals surface area (Å²) in [6, 6.07) is 26.5. The van der Waals surface area contributed by atoms with Gasteiger partial charge in [-0.3, -0.25) is 4.79 Å². The van der Waals surface area contributed by atoms with Crippen molar-refractivity contribution in [1.29, 1.82) is 0 Å². The fraction of sp³-hybridized carbons (Fsp3) is 0.214. The lowest BCUT2D eigenvalue weighted by molar-refractivity contribution is -0.147. The van der Waals surface area contributed by atoms with Crippen LogP contribution in [0.1, 0.15) is 42.9 Å². The van der Waals surface area contributed by atoms with Crippen LogP contribution in [0.5, 0.6) is 5.75 Å². The van der Waals surface area contributed by atoms with Gasteiger partial charge in [0, 0.05) is 17.0 Å². The molecule has 0 radical (unpaired) electrons. The number of hydrogen-bond acceptors (Lipinski definition) is 4. The highest BCUT2D eigenvalue weighted by atomic mass is 16.6. The van der Waals surface area contributed by atoms with Gasteiger partial charge in [-0.15, -0.1) is 0 Å². The monoisotopic (exact) mass is 424 g/mol. The number of para-hydroxylation sites is 1. The number of esters is 2. The van der Waals surface area contributed by atoms with Crippen molar-refractivity contribution in [3.63, 3.8) is 0 Å². The summed E-state index contributed by atoms with van der Waals surface area (Å²) >= 11 is 0. The van der Waals surface area contributed by atoms with Crippen LogP contribution >= 0.6 is 0 Å². The molecule has 2 aliphatic heterocycles. The zero-order valence-electron chi connectivity index (χ0n) is 18.1. The highest BCUT2D eigenvalue weighted by molar-refractivity contribution is 6.07. The summed E-state index contributed by atoms with van der Waals surface area (Å²) in [5, 5.41) is 0. The zero-order valence-corrected chi connectivity index (χ0v) is 18.1. The molecule has 0 aliphatic carbocycles. The van der Waals surface area contributed by atoms with Crippen molar-refractivity contribution < 1.29 is 19.1 Å². The van der Waals surface area contributed by atoms with Gasteiger partial charge in [-0.2, -0.15) is 0 Å². The van der Waals surface area contributed by atoms with Gasteiger partial charge in [-0.1, -0.05) is 92.7 Å². The first-order valence-corrected chi connectivity index (χ1v) is 10.9. The number of benzene rings is 3. The Balaban J connectivity index is 1.87. The average Bonchev–Trinajstić information content (AvgIpc) is 2.81. The van der Waals surface area contributed by atoms with Gasteiger partial charge in [0.2, 0.25) is 0 Å². The molecule has 2 atom stereocenters. The second-order valence-electron chi connectivity index (χ2n) is 8.79. The van der Waals surface area contributed by atoms with Crippen LogP contribution in [0.25, 0.3) is 5.76 Å². The van der Waals surface area contributed by atoms with E-state index in [2.05, 4.69) is 13.8 Å². The first kappa shape index (κ1) is 20.3. The fourth-order valence-electron chi connectivity index (χ4n) is 5.12. The summed E-state index contributed by atoms with van der Waals surface area (Å²) in [4.78, 5) is 27.4. The molecule has 32 heavy (non-hydrogen) atoms. The second-order valence-corrected chi connectivity index (χ2v) is 8.79. The second kappa shape index (κ2) is 7.79. The molecule has 0 aromatic heterocycles. The molecule has 0 spiro atoms. The molecule has 5 rings (SSSR count). The average molecular weight is 424 g/mol. The summed E-state index contributed by atoms with van der Waals surface area (Å²) < 4.78 is 11.8. The third-order valence-electron chi connectivity index (χ3n) is 6.29. The van der Waals surface area contributed by atoms with E-state index in [1.54, 1.807) is 6.07 Å². The first-order valence-electron chi connectivity index (χ1n) is 10.9. The third kappa shape index (κ3) is 3.06.